The van der Waals surface area contributed by atoms with E-state index in [2.05, 4.69) is 59.6 Å². The van der Waals surface area contributed by atoms with E-state index < -0.39 is 5.54 Å². The van der Waals surface area contributed by atoms with Crippen LogP contribution in [0.25, 0.3) is 10.8 Å². The van der Waals surface area contributed by atoms with Gasteiger partial charge in [-0.15, -0.1) is 0 Å². The fourth-order valence-corrected chi connectivity index (χ4v) is 6.03. The number of carbonyl (C=O) groups excluding carboxylic acids is 2. The van der Waals surface area contributed by atoms with E-state index in [1.807, 2.05) is 0 Å². The van der Waals surface area contributed by atoms with Gasteiger partial charge in [0, 0.05) is 13.2 Å². The third-order valence-corrected chi connectivity index (χ3v) is 7.76. The van der Waals surface area contributed by atoms with Crippen molar-refractivity contribution in [3.8, 4) is 0 Å². The van der Waals surface area contributed by atoms with Gasteiger partial charge in [-0.1, -0.05) is 49.7 Å². The molecular formula is C27H35N3O3. The SMILES string of the molecule is CCC[C@]1(C2CCN(Cc3ccc4ccccc4c3)CC2)NC(=O)N(C[C@H]2CCCO2)C1=O. The minimum atomic E-state index is -0.751. The molecule has 3 fully saturated rings. The van der Waals surface area contributed by atoms with E-state index in [1.54, 1.807) is 0 Å². The highest BCUT2D eigenvalue weighted by molar-refractivity contribution is 6.07. The molecule has 2 aromatic rings. The van der Waals surface area contributed by atoms with Gasteiger partial charge in [0.2, 0.25) is 0 Å². The van der Waals surface area contributed by atoms with Crippen LogP contribution in [0.3, 0.4) is 0 Å². The number of hydrogen-bond acceptors (Lipinski definition) is 4. The number of piperidine rings is 1. The standard InChI is InChI=1S/C27H35N3O3/c1-2-13-27(25(31)30(26(32)28-27)19-24-8-5-16-33-24)23-11-14-29(15-12-23)18-20-9-10-21-6-3-4-7-22(21)17-20/h3-4,6-7,9-10,17,23-24H,2,5,8,11-16,18-19H2,1H3,(H,28,32)/t24-,27-/m1/s1. The molecule has 5 rings (SSSR count). The maximum absolute atomic E-state index is 13.6. The van der Waals surface area contributed by atoms with Crippen molar-refractivity contribution >= 4 is 22.7 Å². The zero-order valence-electron chi connectivity index (χ0n) is 19.6. The maximum atomic E-state index is 13.6. The second kappa shape index (κ2) is 9.43. The van der Waals surface area contributed by atoms with Gasteiger partial charge in [0.1, 0.15) is 5.54 Å². The molecule has 3 aliphatic heterocycles. The van der Waals surface area contributed by atoms with Crippen LogP contribution in [0.1, 0.15) is 51.0 Å². The molecule has 3 aliphatic rings. The van der Waals surface area contributed by atoms with E-state index in [4.69, 9.17) is 4.74 Å². The lowest BCUT2D eigenvalue weighted by atomic mass is 9.74. The van der Waals surface area contributed by atoms with E-state index in [0.29, 0.717) is 13.0 Å². The summed E-state index contributed by atoms with van der Waals surface area (Å²) in [5.41, 5.74) is 0.572. The van der Waals surface area contributed by atoms with Crippen LogP contribution < -0.4 is 5.32 Å². The van der Waals surface area contributed by atoms with Gasteiger partial charge in [-0.2, -0.15) is 0 Å². The Bertz CT molecular complexity index is 1010. The number of nitrogens with one attached hydrogen (secondary N) is 1. The topological polar surface area (TPSA) is 61.9 Å². The lowest BCUT2D eigenvalue weighted by molar-refractivity contribution is -0.135. The fraction of sp³-hybridized carbons (Fsp3) is 0.556. The van der Waals surface area contributed by atoms with Crippen molar-refractivity contribution in [1.82, 2.24) is 15.1 Å². The molecule has 33 heavy (non-hydrogen) atoms. The first-order chi connectivity index (χ1) is 16.1. The summed E-state index contributed by atoms with van der Waals surface area (Å²) in [7, 11) is 0. The molecule has 6 heteroatoms. The van der Waals surface area contributed by atoms with Gasteiger partial charge in [-0.3, -0.25) is 14.6 Å². The summed E-state index contributed by atoms with van der Waals surface area (Å²) in [6.07, 6.45) is 5.34. The summed E-state index contributed by atoms with van der Waals surface area (Å²) < 4.78 is 5.70. The molecule has 0 unspecified atom stereocenters. The molecule has 3 heterocycles. The van der Waals surface area contributed by atoms with Crippen molar-refractivity contribution in [2.75, 3.05) is 26.2 Å². The number of amides is 3. The third-order valence-electron chi connectivity index (χ3n) is 7.76. The Kier molecular flexibility index (Phi) is 6.39. The molecule has 3 amide bonds. The van der Waals surface area contributed by atoms with Crippen molar-refractivity contribution in [2.24, 2.45) is 5.92 Å². The molecular weight excluding hydrogens is 414 g/mol. The highest BCUT2D eigenvalue weighted by atomic mass is 16.5. The van der Waals surface area contributed by atoms with E-state index in [0.717, 1.165) is 58.3 Å². The Morgan fingerprint density at radius 1 is 1.06 bits per heavy atom. The molecule has 6 nitrogen and oxygen atoms in total. The fourth-order valence-electron chi connectivity index (χ4n) is 6.03. The summed E-state index contributed by atoms with van der Waals surface area (Å²) in [6.45, 7) is 6.01. The van der Waals surface area contributed by atoms with Crippen LogP contribution in [0.2, 0.25) is 0 Å². The summed E-state index contributed by atoms with van der Waals surface area (Å²) >= 11 is 0. The Labute approximate surface area is 196 Å². The number of likely N-dealkylation sites (tertiary alicyclic amines) is 1. The maximum Gasteiger partial charge on any atom is 0.325 e. The zero-order valence-corrected chi connectivity index (χ0v) is 19.6. The minimum Gasteiger partial charge on any atom is -0.376 e. The molecule has 0 saturated carbocycles. The van der Waals surface area contributed by atoms with Crippen LogP contribution in [0.15, 0.2) is 42.5 Å². The van der Waals surface area contributed by atoms with Crippen molar-refractivity contribution in [1.29, 1.82) is 0 Å². The number of carbonyl (C=O) groups is 2. The molecule has 0 radical (unpaired) electrons. The number of nitrogens with zero attached hydrogens (tertiary/aromatic N) is 2. The lowest BCUT2D eigenvalue weighted by Gasteiger charge is -2.41. The van der Waals surface area contributed by atoms with Crippen molar-refractivity contribution < 1.29 is 14.3 Å². The molecule has 2 aromatic carbocycles. The minimum absolute atomic E-state index is 0.0130. The number of fused-ring (bicyclic) bond motifs is 1. The Hall–Kier alpha value is -2.44. The van der Waals surface area contributed by atoms with Crippen LogP contribution in [0, 0.1) is 5.92 Å². The van der Waals surface area contributed by atoms with Crippen LogP contribution in [0.5, 0.6) is 0 Å². The smallest absolute Gasteiger partial charge is 0.325 e. The summed E-state index contributed by atoms with van der Waals surface area (Å²) in [4.78, 5) is 30.3. The van der Waals surface area contributed by atoms with E-state index in [1.165, 1.54) is 21.2 Å². The van der Waals surface area contributed by atoms with Gasteiger partial charge < -0.3 is 10.1 Å². The van der Waals surface area contributed by atoms with Crippen LogP contribution in [-0.4, -0.2) is 59.6 Å². The van der Waals surface area contributed by atoms with Crippen LogP contribution >= 0.6 is 0 Å². The average Bonchev–Trinajstić information content (AvgIpc) is 3.43. The molecule has 1 N–H and O–H groups in total. The van der Waals surface area contributed by atoms with Gasteiger partial charge in [-0.05, 0) is 73.5 Å². The molecule has 2 atom stereocenters. The first-order valence-electron chi connectivity index (χ1n) is 12.5. The first-order valence-corrected chi connectivity index (χ1v) is 12.5. The lowest BCUT2D eigenvalue weighted by Crippen LogP contribution is -2.56. The molecule has 0 spiro atoms. The predicted molar refractivity (Wildman–Crippen MR) is 129 cm³/mol. The van der Waals surface area contributed by atoms with Crippen molar-refractivity contribution in [2.45, 2.75) is 63.6 Å². The third kappa shape index (κ3) is 4.38. The Morgan fingerprint density at radius 3 is 2.58 bits per heavy atom. The highest BCUT2D eigenvalue weighted by Gasteiger charge is 2.55. The van der Waals surface area contributed by atoms with E-state index in [9.17, 15) is 9.59 Å². The highest BCUT2D eigenvalue weighted by Crippen LogP contribution is 2.38. The largest absolute Gasteiger partial charge is 0.376 e. The van der Waals surface area contributed by atoms with Crippen molar-refractivity contribution in [3.63, 3.8) is 0 Å². The monoisotopic (exact) mass is 449 g/mol. The van der Waals surface area contributed by atoms with Crippen LogP contribution in [0.4, 0.5) is 4.79 Å². The normalized spacial score (nSPS) is 26.9. The first kappa shape index (κ1) is 22.4. The number of imide groups is 1. The summed E-state index contributed by atoms with van der Waals surface area (Å²) in [6, 6.07) is 14.9. The number of benzene rings is 2. The Morgan fingerprint density at radius 2 is 1.85 bits per heavy atom. The number of hydrogen-bond donors (Lipinski definition) is 1. The van der Waals surface area contributed by atoms with E-state index in [-0.39, 0.29) is 24.0 Å². The van der Waals surface area contributed by atoms with Gasteiger partial charge in [0.05, 0.1) is 12.6 Å². The Balaban J connectivity index is 1.24. The van der Waals surface area contributed by atoms with Gasteiger partial charge in [0.25, 0.3) is 5.91 Å². The molecule has 0 aliphatic carbocycles. The molecule has 0 aromatic heterocycles. The molecule has 0 bridgehead atoms. The predicted octanol–water partition coefficient (Wildman–Crippen LogP) is 4.32. The number of ether oxygens (including phenoxy) is 1. The van der Waals surface area contributed by atoms with Gasteiger partial charge in [0.15, 0.2) is 0 Å². The number of rotatable bonds is 7. The zero-order chi connectivity index (χ0) is 22.8. The summed E-state index contributed by atoms with van der Waals surface area (Å²) in [5.74, 6) is 0.147. The molecule has 176 valence electrons. The van der Waals surface area contributed by atoms with E-state index >= 15 is 0 Å². The summed E-state index contributed by atoms with van der Waals surface area (Å²) in [5, 5.41) is 5.70. The second-order valence-corrected chi connectivity index (χ2v) is 9.93. The second-order valence-electron chi connectivity index (χ2n) is 9.93. The van der Waals surface area contributed by atoms with Crippen LogP contribution in [-0.2, 0) is 16.1 Å². The van der Waals surface area contributed by atoms with Gasteiger partial charge in [-0.25, -0.2) is 4.79 Å². The number of urea groups is 1. The molecule has 3 saturated heterocycles. The quantitative estimate of drug-likeness (QED) is 0.640. The average molecular weight is 450 g/mol. The van der Waals surface area contributed by atoms with Crippen molar-refractivity contribution in [3.05, 3.63) is 48.0 Å². The van der Waals surface area contributed by atoms with Gasteiger partial charge >= 0.3 is 6.03 Å².